The number of anilines is 2. The van der Waals surface area contributed by atoms with Gasteiger partial charge in [-0.2, -0.15) is 0 Å². The minimum absolute atomic E-state index is 0.0944. The molecule has 4 aromatic rings. The van der Waals surface area contributed by atoms with E-state index in [4.69, 9.17) is 28.8 Å². The molecule has 4 heterocycles. The molecule has 2 fully saturated rings. The van der Waals surface area contributed by atoms with Gasteiger partial charge in [0.1, 0.15) is 0 Å². The van der Waals surface area contributed by atoms with Gasteiger partial charge in [-0.05, 0) is 98.4 Å². The van der Waals surface area contributed by atoms with Crippen molar-refractivity contribution in [2.75, 3.05) is 22.9 Å². The van der Waals surface area contributed by atoms with Gasteiger partial charge in [0, 0.05) is 42.0 Å². The van der Waals surface area contributed by atoms with E-state index < -0.39 is 0 Å². The average Bonchev–Trinajstić information content (AvgIpc) is 3.43. The highest BCUT2D eigenvalue weighted by Gasteiger charge is 2.42. The van der Waals surface area contributed by atoms with E-state index in [0.29, 0.717) is 16.9 Å². The zero-order valence-electron chi connectivity index (χ0n) is 23.5. The molecule has 7 heteroatoms. The molecule has 0 saturated carbocycles. The molecule has 2 saturated heterocycles. The van der Waals surface area contributed by atoms with Gasteiger partial charge >= 0.3 is 0 Å². The lowest BCUT2D eigenvalue weighted by molar-refractivity contribution is 0.357. The monoisotopic (exact) mass is 569 g/mol. The van der Waals surface area contributed by atoms with E-state index in [9.17, 15) is 0 Å². The predicted molar refractivity (Wildman–Crippen MR) is 170 cm³/mol. The Morgan fingerprint density at radius 1 is 0.900 bits per heavy atom. The van der Waals surface area contributed by atoms with Crippen LogP contribution in [-0.2, 0) is 0 Å². The molecule has 5 nitrogen and oxygen atoms in total. The molecule has 2 aromatic carbocycles. The Balaban J connectivity index is 1.44. The number of hydrogen-bond donors (Lipinski definition) is 1. The van der Waals surface area contributed by atoms with Crippen molar-refractivity contribution in [1.29, 1.82) is 0 Å². The molecule has 1 N–H and O–H groups in total. The summed E-state index contributed by atoms with van der Waals surface area (Å²) in [5.74, 6) is 1.30. The first-order chi connectivity index (χ1) is 19.3. The summed E-state index contributed by atoms with van der Waals surface area (Å²) in [4.78, 5) is 9.40. The molecular formula is C33H36ClN5S. The number of rotatable bonds is 5. The second-order valence-corrected chi connectivity index (χ2v) is 12.3. The van der Waals surface area contributed by atoms with Crippen LogP contribution in [0.5, 0.6) is 0 Å². The number of halogens is 1. The lowest BCUT2D eigenvalue weighted by Gasteiger charge is -2.37. The Kier molecular flexibility index (Phi) is 7.32. The zero-order valence-corrected chi connectivity index (χ0v) is 25.1. The summed E-state index contributed by atoms with van der Waals surface area (Å²) >= 11 is 13.0. The van der Waals surface area contributed by atoms with Crippen molar-refractivity contribution in [1.82, 2.24) is 14.9 Å². The largest absolute Gasteiger partial charge is 0.370 e. The van der Waals surface area contributed by atoms with Crippen molar-refractivity contribution >= 4 is 40.3 Å². The molecular weight excluding hydrogens is 534 g/mol. The van der Waals surface area contributed by atoms with Crippen LogP contribution in [-0.4, -0.2) is 27.8 Å². The third-order valence-electron chi connectivity index (χ3n) is 8.32. The van der Waals surface area contributed by atoms with Gasteiger partial charge in [-0.15, -0.1) is 0 Å². The molecule has 40 heavy (non-hydrogen) atoms. The molecule has 4 unspecified atom stereocenters. The molecule has 2 aliphatic heterocycles. The zero-order chi connectivity index (χ0) is 28.0. The van der Waals surface area contributed by atoms with Crippen molar-refractivity contribution in [2.24, 2.45) is 11.8 Å². The van der Waals surface area contributed by atoms with E-state index in [0.717, 1.165) is 40.9 Å². The van der Waals surface area contributed by atoms with Gasteiger partial charge in [-0.3, -0.25) is 4.98 Å². The van der Waals surface area contributed by atoms with Crippen molar-refractivity contribution in [2.45, 2.75) is 46.2 Å². The molecule has 2 aliphatic rings. The molecule has 0 radical (unpaired) electrons. The highest BCUT2D eigenvalue weighted by molar-refractivity contribution is 7.80. The van der Waals surface area contributed by atoms with Crippen LogP contribution in [0.4, 0.5) is 11.4 Å². The lowest BCUT2D eigenvalue weighted by Crippen LogP contribution is -2.38. The quantitative estimate of drug-likeness (QED) is 0.248. The Bertz CT molecular complexity index is 1510. The maximum Gasteiger partial charge on any atom is 0.174 e. The minimum atomic E-state index is -0.110. The average molecular weight is 570 g/mol. The first-order valence-corrected chi connectivity index (χ1v) is 14.9. The van der Waals surface area contributed by atoms with E-state index in [1.807, 2.05) is 18.3 Å². The van der Waals surface area contributed by atoms with E-state index in [2.05, 4.69) is 108 Å². The summed E-state index contributed by atoms with van der Waals surface area (Å²) in [5, 5.41) is 5.04. The van der Waals surface area contributed by atoms with Crippen LogP contribution in [0.25, 0.3) is 5.69 Å². The summed E-state index contributed by atoms with van der Waals surface area (Å²) in [6, 6.07) is 25.1. The second kappa shape index (κ2) is 10.9. The number of aryl methyl sites for hydroxylation is 1. The van der Waals surface area contributed by atoms with Crippen LogP contribution in [0.15, 0.2) is 79.0 Å². The lowest BCUT2D eigenvalue weighted by atomic mass is 9.91. The van der Waals surface area contributed by atoms with Gasteiger partial charge in [-0.1, -0.05) is 49.7 Å². The van der Waals surface area contributed by atoms with Crippen LogP contribution in [0.1, 0.15) is 55.0 Å². The molecule has 2 aromatic heterocycles. The molecule has 0 spiro atoms. The smallest absolute Gasteiger partial charge is 0.174 e. The normalized spacial score (nSPS) is 23.0. The summed E-state index contributed by atoms with van der Waals surface area (Å²) in [7, 11) is 0. The Labute approximate surface area is 247 Å². The van der Waals surface area contributed by atoms with Crippen LogP contribution >= 0.6 is 23.8 Å². The number of piperidine rings is 1. The van der Waals surface area contributed by atoms with Gasteiger partial charge in [-0.25, -0.2) is 0 Å². The number of thiocarbonyl (C=S) groups is 1. The van der Waals surface area contributed by atoms with Gasteiger partial charge in [0.05, 0.1) is 28.5 Å². The number of nitrogens with one attached hydrogen (secondary N) is 1. The summed E-state index contributed by atoms with van der Waals surface area (Å²) in [6.45, 7) is 11.1. The first-order valence-electron chi connectivity index (χ1n) is 14.1. The standard InChI is InChI=1S/C33H36ClN5S/c1-21-16-22(2)20-37(19-21)30-14-13-26(18-28(30)34)39-32(31(36-33(39)40)29-12-8-9-15-35-29)27-17-23(3)38(24(27)4)25-10-6-5-7-11-25/h5-15,17-18,21-22,31-32H,16,19-20H2,1-4H3,(H,36,40). The summed E-state index contributed by atoms with van der Waals surface area (Å²) < 4.78 is 2.32. The first kappa shape index (κ1) is 26.9. The van der Waals surface area contributed by atoms with Crippen LogP contribution in [0.3, 0.4) is 0 Å². The minimum Gasteiger partial charge on any atom is -0.370 e. The van der Waals surface area contributed by atoms with Crippen molar-refractivity contribution in [3.05, 3.63) is 107 Å². The summed E-state index contributed by atoms with van der Waals surface area (Å²) in [6.07, 6.45) is 3.11. The van der Waals surface area contributed by atoms with E-state index >= 15 is 0 Å². The van der Waals surface area contributed by atoms with Crippen LogP contribution in [0.2, 0.25) is 5.02 Å². The van der Waals surface area contributed by atoms with E-state index in [1.54, 1.807) is 0 Å². The second-order valence-electron chi connectivity index (χ2n) is 11.5. The SMILES string of the molecule is Cc1cc(C2C(c3ccccn3)NC(=S)N2c2ccc(N3CC(C)CC(C)C3)c(Cl)c2)c(C)n1-c1ccccc1. The van der Waals surface area contributed by atoms with E-state index in [1.165, 1.54) is 23.4 Å². The fourth-order valence-corrected chi connectivity index (χ4v) is 7.41. The maximum absolute atomic E-state index is 7.02. The van der Waals surface area contributed by atoms with Crippen molar-refractivity contribution in [3.63, 3.8) is 0 Å². The Morgan fingerprint density at radius 3 is 2.30 bits per heavy atom. The maximum atomic E-state index is 7.02. The molecule has 4 atom stereocenters. The topological polar surface area (TPSA) is 36.3 Å². The fourth-order valence-electron chi connectivity index (χ4n) is 6.77. The van der Waals surface area contributed by atoms with Crippen molar-refractivity contribution < 1.29 is 0 Å². The molecule has 0 amide bonds. The van der Waals surface area contributed by atoms with Crippen LogP contribution in [0, 0.1) is 25.7 Å². The molecule has 0 aliphatic carbocycles. The third kappa shape index (κ3) is 4.88. The van der Waals surface area contributed by atoms with E-state index in [-0.39, 0.29) is 12.1 Å². The molecule has 6 rings (SSSR count). The van der Waals surface area contributed by atoms with Gasteiger partial charge in [0.2, 0.25) is 0 Å². The molecule has 0 bridgehead atoms. The number of aromatic nitrogens is 2. The van der Waals surface area contributed by atoms with Crippen molar-refractivity contribution in [3.8, 4) is 5.69 Å². The fraction of sp³-hybridized carbons (Fsp3) is 0.333. The van der Waals surface area contributed by atoms with Gasteiger partial charge in [0.25, 0.3) is 0 Å². The number of benzene rings is 2. The highest BCUT2D eigenvalue weighted by Crippen LogP contribution is 2.45. The number of pyridine rings is 1. The molecule has 206 valence electrons. The number of hydrogen-bond acceptors (Lipinski definition) is 3. The number of para-hydroxylation sites is 1. The Morgan fingerprint density at radius 2 is 1.62 bits per heavy atom. The summed E-state index contributed by atoms with van der Waals surface area (Å²) in [5.41, 5.74) is 7.77. The third-order valence-corrected chi connectivity index (χ3v) is 8.94. The Hall–Kier alpha value is -3.35. The predicted octanol–water partition coefficient (Wildman–Crippen LogP) is 7.80. The number of nitrogens with zero attached hydrogens (tertiary/aromatic N) is 4. The van der Waals surface area contributed by atoms with Gasteiger partial charge in [0.15, 0.2) is 5.11 Å². The highest BCUT2D eigenvalue weighted by atomic mass is 35.5. The van der Waals surface area contributed by atoms with Crippen LogP contribution < -0.4 is 15.1 Å². The van der Waals surface area contributed by atoms with Gasteiger partial charge < -0.3 is 19.7 Å².